The normalized spacial score (nSPS) is 20.9. The van der Waals surface area contributed by atoms with Crippen LogP contribution in [0, 0.1) is 11.7 Å². The molecule has 3 aliphatic rings. The maximum absolute atomic E-state index is 13.6. The summed E-state index contributed by atoms with van der Waals surface area (Å²) in [5, 5.41) is 8.93. The highest BCUT2D eigenvalue weighted by Crippen LogP contribution is 2.33. The number of nitrogens with zero attached hydrogens (tertiary/aromatic N) is 3. The quantitative estimate of drug-likeness (QED) is 0.586. The first-order chi connectivity index (χ1) is 17.2. The molecule has 0 radical (unpaired) electrons. The number of hydrogen-bond donors (Lipinski definition) is 2. The Morgan fingerprint density at radius 3 is 2.50 bits per heavy atom. The summed E-state index contributed by atoms with van der Waals surface area (Å²) in [4.78, 5) is 20.4. The largest absolute Gasteiger partial charge is 0.434 e. The topological polar surface area (TPSA) is 101 Å². The summed E-state index contributed by atoms with van der Waals surface area (Å²) < 4.78 is 62.2. The van der Waals surface area contributed by atoms with E-state index in [0.29, 0.717) is 63.4 Å². The number of nitrogens with two attached hydrogens (primary N) is 1. The van der Waals surface area contributed by atoms with Gasteiger partial charge in [-0.1, -0.05) is 0 Å². The highest BCUT2D eigenvalue weighted by Gasteiger charge is 2.43. The highest BCUT2D eigenvalue weighted by atomic mass is 19.4. The van der Waals surface area contributed by atoms with E-state index in [0.717, 1.165) is 17.0 Å². The third kappa shape index (κ3) is 5.92. The SMILES string of the molecule is N/C(=C(\C1=Nc2ccc(F)cc2CC1)N1CCOCC1)C1CCN(C(=O)OC(CO)C(F)(F)F)CC1. The van der Waals surface area contributed by atoms with Crippen LogP contribution >= 0.6 is 0 Å². The van der Waals surface area contributed by atoms with Gasteiger partial charge in [0.05, 0.1) is 36.9 Å². The van der Waals surface area contributed by atoms with Crippen LogP contribution < -0.4 is 5.73 Å². The van der Waals surface area contributed by atoms with E-state index in [1.807, 2.05) is 0 Å². The number of aliphatic imine (C=N–C) groups is 1. The van der Waals surface area contributed by atoms with Crippen molar-refractivity contribution >= 4 is 17.5 Å². The van der Waals surface area contributed by atoms with Gasteiger partial charge in [0.15, 0.2) is 0 Å². The summed E-state index contributed by atoms with van der Waals surface area (Å²) in [5.74, 6) is -0.415. The molecule has 4 rings (SSSR count). The van der Waals surface area contributed by atoms with Gasteiger partial charge in [0.2, 0.25) is 6.10 Å². The number of aliphatic hydroxyl groups excluding tert-OH is 1. The number of allylic oxidation sites excluding steroid dienone is 2. The molecule has 1 aromatic rings. The second-order valence-electron chi connectivity index (χ2n) is 9.09. The maximum atomic E-state index is 13.6. The molecule has 1 unspecified atom stereocenters. The average molecular weight is 515 g/mol. The molecule has 198 valence electrons. The van der Waals surface area contributed by atoms with Crippen molar-refractivity contribution in [1.29, 1.82) is 0 Å². The van der Waals surface area contributed by atoms with Crippen LogP contribution in [0.2, 0.25) is 0 Å². The van der Waals surface area contributed by atoms with Gasteiger partial charge in [-0.15, -0.1) is 0 Å². The molecule has 2 fully saturated rings. The maximum Gasteiger partial charge on any atom is 0.427 e. The van der Waals surface area contributed by atoms with Crippen molar-refractivity contribution in [2.45, 2.75) is 38.0 Å². The van der Waals surface area contributed by atoms with Crippen LogP contribution in [0.3, 0.4) is 0 Å². The molecule has 3 aliphatic heterocycles. The summed E-state index contributed by atoms with van der Waals surface area (Å²) in [6.07, 6.45) is -6.40. The molecule has 0 aliphatic carbocycles. The van der Waals surface area contributed by atoms with Crippen LogP contribution in [0.5, 0.6) is 0 Å². The van der Waals surface area contributed by atoms with Gasteiger partial charge in [0.1, 0.15) is 5.82 Å². The third-order valence-corrected chi connectivity index (χ3v) is 6.77. The average Bonchev–Trinajstić information content (AvgIpc) is 2.87. The fraction of sp³-hybridized carbons (Fsp3) is 0.583. The van der Waals surface area contributed by atoms with Crippen LogP contribution in [0.1, 0.15) is 24.8 Å². The Kier molecular flexibility index (Phi) is 8.04. The molecule has 36 heavy (non-hydrogen) atoms. The number of aliphatic hydroxyl groups is 1. The standard InChI is InChI=1S/C24H30F4N4O4/c25-17-2-4-18-16(13-17)1-3-19(30-18)22(31-9-11-35-12-10-31)21(29)15-5-7-32(8-6-15)23(34)36-20(14-33)24(26,27)28/h2,4,13,15,20,33H,1,3,5-12,14,29H2/b22-21+. The second kappa shape index (κ2) is 11.0. The minimum absolute atomic E-state index is 0.111. The molecule has 2 saturated heterocycles. The number of carbonyl (C=O) groups is 1. The van der Waals surface area contributed by atoms with Gasteiger partial charge in [-0.2, -0.15) is 13.2 Å². The van der Waals surface area contributed by atoms with E-state index in [1.165, 1.54) is 17.0 Å². The minimum Gasteiger partial charge on any atom is -0.434 e. The van der Waals surface area contributed by atoms with Gasteiger partial charge in [0.25, 0.3) is 0 Å². The van der Waals surface area contributed by atoms with Crippen molar-refractivity contribution in [2.24, 2.45) is 16.6 Å². The van der Waals surface area contributed by atoms with Crippen LogP contribution in [-0.4, -0.2) is 85.0 Å². The zero-order valence-electron chi connectivity index (χ0n) is 19.8. The van der Waals surface area contributed by atoms with Crippen molar-refractivity contribution in [3.63, 3.8) is 0 Å². The molecular weight excluding hydrogens is 484 g/mol. The van der Waals surface area contributed by atoms with Gasteiger partial charge in [-0.25, -0.2) is 9.18 Å². The monoisotopic (exact) mass is 514 g/mol. The van der Waals surface area contributed by atoms with Crippen molar-refractivity contribution in [3.8, 4) is 0 Å². The first kappa shape index (κ1) is 26.2. The van der Waals surface area contributed by atoms with Gasteiger partial charge >= 0.3 is 12.3 Å². The molecule has 0 saturated carbocycles. The molecule has 3 heterocycles. The number of rotatable bonds is 5. The van der Waals surface area contributed by atoms with Crippen molar-refractivity contribution < 1.29 is 36.9 Å². The molecule has 0 aromatic heterocycles. The summed E-state index contributed by atoms with van der Waals surface area (Å²) in [5.41, 5.74) is 10.5. The molecule has 1 amide bonds. The number of halogens is 4. The molecule has 0 spiro atoms. The van der Waals surface area contributed by atoms with Crippen LogP contribution in [0.15, 0.2) is 34.6 Å². The smallest absolute Gasteiger partial charge is 0.427 e. The lowest BCUT2D eigenvalue weighted by molar-refractivity contribution is -0.214. The van der Waals surface area contributed by atoms with Gasteiger partial charge < -0.3 is 30.1 Å². The first-order valence-corrected chi connectivity index (χ1v) is 12.0. The minimum atomic E-state index is -4.84. The lowest BCUT2D eigenvalue weighted by Crippen LogP contribution is -2.46. The molecule has 1 atom stereocenters. The molecular formula is C24H30F4N4O4. The van der Waals surface area contributed by atoms with Crippen molar-refractivity contribution in [1.82, 2.24) is 9.80 Å². The second-order valence-corrected chi connectivity index (χ2v) is 9.09. The number of morpholine rings is 1. The van der Waals surface area contributed by atoms with Crippen LogP contribution in [0.4, 0.5) is 28.0 Å². The Morgan fingerprint density at radius 1 is 1.17 bits per heavy atom. The van der Waals surface area contributed by atoms with Gasteiger partial charge in [-0.3, -0.25) is 4.99 Å². The Morgan fingerprint density at radius 2 is 1.86 bits per heavy atom. The number of amides is 1. The number of ether oxygens (including phenoxy) is 2. The predicted molar refractivity (Wildman–Crippen MR) is 123 cm³/mol. The number of aryl methyl sites for hydroxylation is 1. The Labute approximate surface area is 206 Å². The van der Waals surface area contributed by atoms with E-state index in [1.54, 1.807) is 6.07 Å². The zero-order valence-corrected chi connectivity index (χ0v) is 19.8. The highest BCUT2D eigenvalue weighted by molar-refractivity contribution is 6.03. The number of carbonyl (C=O) groups excluding carboxylic acids is 1. The van der Waals surface area contributed by atoms with E-state index in [4.69, 9.17) is 20.6 Å². The lowest BCUT2D eigenvalue weighted by Gasteiger charge is -2.37. The van der Waals surface area contributed by atoms with Crippen LogP contribution in [-0.2, 0) is 15.9 Å². The number of piperidine rings is 1. The Balaban J connectivity index is 1.52. The lowest BCUT2D eigenvalue weighted by atomic mass is 9.89. The fourth-order valence-electron chi connectivity index (χ4n) is 4.78. The summed E-state index contributed by atoms with van der Waals surface area (Å²) in [6, 6.07) is 4.52. The molecule has 1 aromatic carbocycles. The summed E-state index contributed by atoms with van der Waals surface area (Å²) in [7, 11) is 0. The number of fused-ring (bicyclic) bond motifs is 1. The van der Waals surface area contributed by atoms with Gasteiger partial charge in [0, 0.05) is 37.8 Å². The van der Waals surface area contributed by atoms with E-state index in [-0.39, 0.29) is 24.8 Å². The third-order valence-electron chi connectivity index (χ3n) is 6.77. The van der Waals surface area contributed by atoms with E-state index >= 15 is 0 Å². The summed E-state index contributed by atoms with van der Waals surface area (Å²) in [6.45, 7) is 1.37. The van der Waals surface area contributed by atoms with Crippen molar-refractivity contribution in [3.05, 3.63) is 41.0 Å². The van der Waals surface area contributed by atoms with Gasteiger partial charge in [-0.05, 0) is 49.4 Å². The van der Waals surface area contributed by atoms with E-state index < -0.39 is 25.0 Å². The zero-order chi connectivity index (χ0) is 25.9. The molecule has 0 bridgehead atoms. The first-order valence-electron chi connectivity index (χ1n) is 12.0. The number of alkyl halides is 3. The molecule has 12 heteroatoms. The molecule has 8 nitrogen and oxygen atoms in total. The van der Waals surface area contributed by atoms with Crippen molar-refractivity contribution in [2.75, 3.05) is 46.0 Å². The number of hydrogen-bond acceptors (Lipinski definition) is 7. The summed E-state index contributed by atoms with van der Waals surface area (Å²) >= 11 is 0. The Hall–Kier alpha value is -2.86. The van der Waals surface area contributed by atoms with E-state index in [9.17, 15) is 22.4 Å². The fourth-order valence-corrected chi connectivity index (χ4v) is 4.78. The molecule has 3 N–H and O–H groups in total. The number of likely N-dealkylation sites (tertiary alicyclic amines) is 1. The van der Waals surface area contributed by atoms with E-state index in [2.05, 4.69) is 9.64 Å². The van der Waals surface area contributed by atoms with Crippen LogP contribution in [0.25, 0.3) is 0 Å². The number of benzene rings is 1. The Bertz CT molecular complexity index is 1020. The predicted octanol–water partition coefficient (Wildman–Crippen LogP) is 3.12.